The van der Waals surface area contributed by atoms with E-state index in [1.165, 1.54) is 11.8 Å². The van der Waals surface area contributed by atoms with Crippen LogP contribution in [0.4, 0.5) is 0 Å². The van der Waals surface area contributed by atoms with Gasteiger partial charge in [-0.25, -0.2) is 0 Å². The van der Waals surface area contributed by atoms with Crippen molar-refractivity contribution in [3.63, 3.8) is 0 Å². The van der Waals surface area contributed by atoms with Gasteiger partial charge in [-0.15, -0.1) is 10.2 Å². The van der Waals surface area contributed by atoms with Gasteiger partial charge in [0.25, 0.3) is 5.22 Å². The fraction of sp³-hybridized carbons (Fsp3) is 0.727. The van der Waals surface area contributed by atoms with Crippen molar-refractivity contribution in [1.29, 1.82) is 0 Å². The van der Waals surface area contributed by atoms with Gasteiger partial charge in [0.2, 0.25) is 5.89 Å². The fourth-order valence-electron chi connectivity index (χ4n) is 1.56. The van der Waals surface area contributed by atoms with E-state index in [1.807, 2.05) is 13.8 Å². The fourth-order valence-corrected chi connectivity index (χ4v) is 2.52. The van der Waals surface area contributed by atoms with Crippen LogP contribution in [-0.2, 0) is 4.79 Å². The summed E-state index contributed by atoms with van der Waals surface area (Å²) >= 11 is 1.37. The summed E-state index contributed by atoms with van der Waals surface area (Å²) in [5, 5.41) is 20.4. The van der Waals surface area contributed by atoms with Crippen molar-refractivity contribution in [2.75, 3.05) is 5.75 Å². The molecule has 102 valence electrons. The molecule has 18 heavy (non-hydrogen) atoms. The van der Waals surface area contributed by atoms with E-state index in [9.17, 15) is 9.90 Å². The van der Waals surface area contributed by atoms with Crippen molar-refractivity contribution in [2.24, 2.45) is 0 Å². The van der Waals surface area contributed by atoms with Crippen molar-refractivity contribution in [2.45, 2.75) is 50.9 Å². The van der Waals surface area contributed by atoms with E-state index < -0.39 is 11.5 Å². The molecular formula is C11H19N3O3S. The number of rotatable bonds is 7. The van der Waals surface area contributed by atoms with Crippen LogP contribution in [0.5, 0.6) is 0 Å². The van der Waals surface area contributed by atoms with Crippen molar-refractivity contribution < 1.29 is 14.3 Å². The Morgan fingerprint density at radius 2 is 2.22 bits per heavy atom. The molecule has 1 rings (SSSR count). The highest BCUT2D eigenvalue weighted by Gasteiger charge is 2.33. The number of nitrogens with zero attached hydrogens (tertiary/aromatic N) is 2. The third-order valence-electron chi connectivity index (χ3n) is 2.41. The molecule has 0 aliphatic heterocycles. The van der Waals surface area contributed by atoms with Crippen LogP contribution in [0, 0.1) is 6.92 Å². The summed E-state index contributed by atoms with van der Waals surface area (Å²) in [5.41, 5.74) is -0.934. The average Bonchev–Trinajstić information content (AvgIpc) is 2.63. The molecule has 0 bridgehead atoms. The minimum atomic E-state index is -0.934. The minimum Gasteiger partial charge on any atom is -0.480 e. The summed E-state index contributed by atoms with van der Waals surface area (Å²) < 4.78 is 5.21. The Morgan fingerprint density at radius 1 is 1.56 bits per heavy atom. The molecule has 0 saturated carbocycles. The van der Waals surface area contributed by atoms with Gasteiger partial charge in [0, 0.05) is 18.7 Å². The Kier molecular flexibility index (Phi) is 5.15. The highest BCUT2D eigenvalue weighted by Crippen LogP contribution is 2.21. The molecule has 0 aliphatic rings. The number of thioether (sulfide) groups is 1. The van der Waals surface area contributed by atoms with Crippen LogP contribution >= 0.6 is 11.8 Å². The summed E-state index contributed by atoms with van der Waals surface area (Å²) in [6.45, 7) is 7.26. The Morgan fingerprint density at radius 3 is 2.67 bits per heavy atom. The summed E-state index contributed by atoms with van der Waals surface area (Å²) in [4.78, 5) is 11.3. The van der Waals surface area contributed by atoms with Crippen LogP contribution in [-0.4, -0.2) is 38.6 Å². The number of carboxylic acids is 1. The summed E-state index contributed by atoms with van der Waals surface area (Å²) in [6.07, 6.45) is 0.479. The molecule has 2 N–H and O–H groups in total. The number of aromatic nitrogens is 2. The molecule has 6 nitrogen and oxygen atoms in total. The van der Waals surface area contributed by atoms with Crippen LogP contribution in [0.25, 0.3) is 0 Å². The van der Waals surface area contributed by atoms with Crippen molar-refractivity contribution >= 4 is 17.7 Å². The van der Waals surface area contributed by atoms with E-state index in [0.29, 0.717) is 23.3 Å². The zero-order chi connectivity index (χ0) is 13.8. The first-order valence-electron chi connectivity index (χ1n) is 5.77. The second-order valence-electron chi connectivity index (χ2n) is 4.62. The monoisotopic (exact) mass is 273 g/mol. The number of hydrogen-bond donors (Lipinski definition) is 2. The van der Waals surface area contributed by atoms with Crippen molar-refractivity contribution in [3.8, 4) is 0 Å². The van der Waals surface area contributed by atoms with Gasteiger partial charge in [-0.2, -0.15) is 0 Å². The quantitative estimate of drug-likeness (QED) is 0.731. The smallest absolute Gasteiger partial charge is 0.323 e. The Labute approximate surface area is 111 Å². The van der Waals surface area contributed by atoms with Gasteiger partial charge in [0.15, 0.2) is 0 Å². The lowest BCUT2D eigenvalue weighted by molar-refractivity contribution is -0.144. The van der Waals surface area contributed by atoms with Gasteiger partial charge in [-0.3, -0.25) is 10.1 Å². The molecule has 0 aliphatic carbocycles. The molecule has 1 atom stereocenters. The highest BCUT2D eigenvalue weighted by molar-refractivity contribution is 7.99. The lowest BCUT2D eigenvalue weighted by Gasteiger charge is -2.28. The Hall–Kier alpha value is -1.08. The second-order valence-corrected chi connectivity index (χ2v) is 5.67. The third kappa shape index (κ3) is 4.30. The molecule has 1 aromatic rings. The van der Waals surface area contributed by atoms with E-state index in [4.69, 9.17) is 4.42 Å². The first-order valence-corrected chi connectivity index (χ1v) is 6.76. The average molecular weight is 273 g/mol. The number of nitrogens with one attached hydrogen (secondary N) is 1. The summed E-state index contributed by atoms with van der Waals surface area (Å²) in [6, 6.07) is 0.113. The van der Waals surface area contributed by atoms with E-state index in [0.717, 1.165) is 0 Å². The van der Waals surface area contributed by atoms with Gasteiger partial charge >= 0.3 is 5.97 Å². The van der Waals surface area contributed by atoms with E-state index >= 15 is 0 Å². The number of hydrogen-bond acceptors (Lipinski definition) is 6. The summed E-state index contributed by atoms with van der Waals surface area (Å²) in [7, 11) is 0. The SMILES string of the molecule is Cc1nnc(SCCC(C)(NC(C)C)C(=O)O)o1. The number of aliphatic carboxylic acids is 1. The van der Waals surface area contributed by atoms with E-state index in [1.54, 1.807) is 13.8 Å². The zero-order valence-electron chi connectivity index (χ0n) is 11.1. The molecule has 0 aromatic carbocycles. The molecule has 0 saturated heterocycles. The standard InChI is InChI=1S/C11H19N3O3S/c1-7(2)12-11(4,9(15)16)5-6-18-10-14-13-8(3)17-10/h7,12H,5-6H2,1-4H3,(H,15,16). The molecule has 0 spiro atoms. The zero-order valence-corrected chi connectivity index (χ0v) is 11.9. The molecule has 0 fully saturated rings. The van der Waals surface area contributed by atoms with Crippen LogP contribution in [0.15, 0.2) is 9.64 Å². The van der Waals surface area contributed by atoms with Crippen molar-refractivity contribution in [1.82, 2.24) is 15.5 Å². The van der Waals surface area contributed by atoms with Crippen LogP contribution in [0.3, 0.4) is 0 Å². The normalized spacial score (nSPS) is 14.7. The molecule has 1 unspecified atom stereocenters. The van der Waals surface area contributed by atoms with Gasteiger partial charge in [0.05, 0.1) is 0 Å². The first kappa shape index (κ1) is 15.0. The maximum atomic E-state index is 11.3. The van der Waals surface area contributed by atoms with E-state index in [-0.39, 0.29) is 6.04 Å². The Balaban J connectivity index is 2.50. The van der Waals surface area contributed by atoms with Crippen LogP contribution in [0.2, 0.25) is 0 Å². The minimum absolute atomic E-state index is 0.113. The van der Waals surface area contributed by atoms with Gasteiger partial charge < -0.3 is 9.52 Å². The predicted octanol–water partition coefficient (Wildman–Crippen LogP) is 1.70. The van der Waals surface area contributed by atoms with Gasteiger partial charge in [-0.05, 0) is 27.2 Å². The molecular weight excluding hydrogens is 254 g/mol. The second kappa shape index (κ2) is 6.19. The predicted molar refractivity (Wildman–Crippen MR) is 68.7 cm³/mol. The maximum absolute atomic E-state index is 11.3. The molecule has 1 aromatic heterocycles. The number of aryl methyl sites for hydroxylation is 1. The molecule has 0 radical (unpaired) electrons. The molecule has 0 amide bonds. The third-order valence-corrected chi connectivity index (χ3v) is 3.23. The largest absolute Gasteiger partial charge is 0.480 e. The molecule has 7 heteroatoms. The van der Waals surface area contributed by atoms with Crippen molar-refractivity contribution in [3.05, 3.63) is 5.89 Å². The summed E-state index contributed by atoms with van der Waals surface area (Å²) in [5.74, 6) is 0.266. The van der Waals surface area contributed by atoms with Crippen LogP contribution < -0.4 is 5.32 Å². The lowest BCUT2D eigenvalue weighted by atomic mass is 9.98. The lowest BCUT2D eigenvalue weighted by Crippen LogP contribution is -2.52. The number of carboxylic acid groups (broad SMARTS) is 1. The first-order chi connectivity index (χ1) is 8.33. The maximum Gasteiger partial charge on any atom is 0.323 e. The van der Waals surface area contributed by atoms with E-state index in [2.05, 4.69) is 15.5 Å². The number of carbonyl (C=O) groups is 1. The highest BCUT2D eigenvalue weighted by atomic mass is 32.2. The topological polar surface area (TPSA) is 88.2 Å². The molecule has 1 heterocycles. The van der Waals surface area contributed by atoms with Gasteiger partial charge in [-0.1, -0.05) is 11.8 Å². The van der Waals surface area contributed by atoms with Crippen LogP contribution in [0.1, 0.15) is 33.1 Å². The van der Waals surface area contributed by atoms with Gasteiger partial charge in [0.1, 0.15) is 5.54 Å². The Bertz CT molecular complexity index is 408.